The maximum absolute atomic E-state index is 12.6. The topological polar surface area (TPSA) is 46.6 Å². The molecule has 0 aliphatic heterocycles. The average molecular weight is 385 g/mol. The molecule has 0 atom stereocenters. The molecule has 4 nitrogen and oxygen atoms in total. The van der Waals surface area contributed by atoms with Crippen molar-refractivity contribution >= 4 is 37.6 Å². The second-order valence-corrected chi connectivity index (χ2v) is 7.12. The van der Waals surface area contributed by atoms with E-state index in [1.165, 1.54) is 4.31 Å². The third-order valence-corrected chi connectivity index (χ3v) is 6.09. The SMILES string of the molecule is CCOCCN(CC)S(=O)(=O)c1cc(CCl)ccc1Br. The quantitative estimate of drug-likeness (QED) is 0.510. The Labute approximate surface area is 134 Å². The van der Waals surface area contributed by atoms with Crippen LogP contribution < -0.4 is 0 Å². The first-order chi connectivity index (χ1) is 9.47. The Morgan fingerprint density at radius 3 is 2.60 bits per heavy atom. The van der Waals surface area contributed by atoms with E-state index in [0.29, 0.717) is 30.8 Å². The van der Waals surface area contributed by atoms with Gasteiger partial charge in [-0.1, -0.05) is 13.0 Å². The van der Waals surface area contributed by atoms with E-state index < -0.39 is 10.0 Å². The van der Waals surface area contributed by atoms with Crippen molar-refractivity contribution in [2.24, 2.45) is 0 Å². The second-order valence-electron chi connectivity index (χ2n) is 4.09. The van der Waals surface area contributed by atoms with Gasteiger partial charge in [0.1, 0.15) is 0 Å². The van der Waals surface area contributed by atoms with Crippen molar-refractivity contribution in [1.29, 1.82) is 0 Å². The Bertz CT molecular complexity index is 536. The maximum Gasteiger partial charge on any atom is 0.244 e. The Kier molecular flexibility index (Phi) is 7.47. The molecule has 20 heavy (non-hydrogen) atoms. The third kappa shape index (κ3) is 4.43. The van der Waals surface area contributed by atoms with Gasteiger partial charge in [-0.15, -0.1) is 11.6 Å². The Morgan fingerprint density at radius 1 is 1.35 bits per heavy atom. The van der Waals surface area contributed by atoms with Crippen molar-refractivity contribution in [3.63, 3.8) is 0 Å². The fraction of sp³-hybridized carbons (Fsp3) is 0.538. The standard InChI is InChI=1S/C13H19BrClNO3S/c1-3-16(7-8-19-4-2)20(17,18)13-9-11(10-15)5-6-12(13)14/h5-6,9H,3-4,7-8,10H2,1-2H3. The van der Waals surface area contributed by atoms with Gasteiger partial charge in [0, 0.05) is 30.0 Å². The molecule has 0 radical (unpaired) electrons. The largest absolute Gasteiger partial charge is 0.380 e. The summed E-state index contributed by atoms with van der Waals surface area (Å²) in [6, 6.07) is 5.11. The van der Waals surface area contributed by atoms with Gasteiger partial charge < -0.3 is 4.74 Å². The molecule has 114 valence electrons. The van der Waals surface area contributed by atoms with Gasteiger partial charge in [0.2, 0.25) is 10.0 Å². The molecule has 0 aromatic heterocycles. The van der Waals surface area contributed by atoms with E-state index in [1.807, 2.05) is 13.8 Å². The Hall–Kier alpha value is -0.140. The molecule has 7 heteroatoms. The summed E-state index contributed by atoms with van der Waals surface area (Å²) < 4.78 is 32.5. The molecule has 0 saturated carbocycles. The number of alkyl halides is 1. The fourth-order valence-corrected chi connectivity index (χ4v) is 4.30. The minimum absolute atomic E-state index is 0.244. The number of nitrogens with zero attached hydrogens (tertiary/aromatic N) is 1. The molecular formula is C13H19BrClNO3S. The van der Waals surface area contributed by atoms with E-state index in [2.05, 4.69) is 15.9 Å². The van der Waals surface area contributed by atoms with Crippen LogP contribution in [0.4, 0.5) is 0 Å². The van der Waals surface area contributed by atoms with Crippen LogP contribution in [0.2, 0.25) is 0 Å². The van der Waals surface area contributed by atoms with Crippen molar-refractivity contribution in [3.8, 4) is 0 Å². The molecule has 0 amide bonds. The van der Waals surface area contributed by atoms with E-state index in [0.717, 1.165) is 5.56 Å². The van der Waals surface area contributed by atoms with Crippen LogP contribution in [-0.4, -0.2) is 39.0 Å². The van der Waals surface area contributed by atoms with Crippen molar-refractivity contribution in [2.45, 2.75) is 24.6 Å². The number of benzene rings is 1. The fourth-order valence-electron chi connectivity index (χ4n) is 1.73. The highest BCUT2D eigenvalue weighted by Crippen LogP contribution is 2.26. The molecular weight excluding hydrogens is 366 g/mol. The molecule has 1 aromatic carbocycles. The summed E-state index contributed by atoms with van der Waals surface area (Å²) in [5.74, 6) is 0.279. The summed E-state index contributed by atoms with van der Waals surface area (Å²) in [4.78, 5) is 0.244. The minimum Gasteiger partial charge on any atom is -0.380 e. The van der Waals surface area contributed by atoms with Gasteiger partial charge in [-0.25, -0.2) is 8.42 Å². The molecule has 0 N–H and O–H groups in total. The Balaban J connectivity index is 3.07. The van der Waals surface area contributed by atoms with Crippen LogP contribution in [0.15, 0.2) is 27.6 Å². The Morgan fingerprint density at radius 2 is 2.05 bits per heavy atom. The molecule has 0 aliphatic rings. The lowest BCUT2D eigenvalue weighted by Crippen LogP contribution is -2.34. The molecule has 0 spiro atoms. The second kappa shape index (κ2) is 8.34. The van der Waals surface area contributed by atoms with E-state index >= 15 is 0 Å². The van der Waals surface area contributed by atoms with E-state index in [-0.39, 0.29) is 10.8 Å². The number of ether oxygens (including phenoxy) is 1. The highest BCUT2D eigenvalue weighted by Gasteiger charge is 2.25. The van der Waals surface area contributed by atoms with Crippen molar-refractivity contribution in [2.75, 3.05) is 26.3 Å². The smallest absolute Gasteiger partial charge is 0.244 e. The van der Waals surface area contributed by atoms with Crippen LogP contribution in [0, 0.1) is 0 Å². The van der Waals surface area contributed by atoms with Crippen LogP contribution in [0.3, 0.4) is 0 Å². The lowest BCUT2D eigenvalue weighted by molar-refractivity contribution is 0.135. The van der Waals surface area contributed by atoms with Gasteiger partial charge in [-0.05, 0) is 40.5 Å². The number of hydrogen-bond donors (Lipinski definition) is 0. The number of hydrogen-bond acceptors (Lipinski definition) is 3. The maximum atomic E-state index is 12.6. The first-order valence-electron chi connectivity index (χ1n) is 6.39. The minimum atomic E-state index is -3.55. The molecule has 0 unspecified atom stereocenters. The van der Waals surface area contributed by atoms with Crippen LogP contribution >= 0.6 is 27.5 Å². The van der Waals surface area contributed by atoms with Gasteiger partial charge in [-0.2, -0.15) is 4.31 Å². The molecule has 0 fully saturated rings. The van der Waals surface area contributed by atoms with Crippen LogP contribution in [0.5, 0.6) is 0 Å². The predicted octanol–water partition coefficient (Wildman–Crippen LogP) is 3.24. The van der Waals surface area contributed by atoms with Crippen molar-refractivity contribution in [1.82, 2.24) is 4.31 Å². The zero-order valence-electron chi connectivity index (χ0n) is 11.6. The van der Waals surface area contributed by atoms with E-state index in [1.54, 1.807) is 18.2 Å². The molecule has 0 bridgehead atoms. The van der Waals surface area contributed by atoms with Crippen LogP contribution in [-0.2, 0) is 20.6 Å². The normalized spacial score (nSPS) is 12.1. The van der Waals surface area contributed by atoms with E-state index in [4.69, 9.17) is 16.3 Å². The molecule has 1 rings (SSSR count). The van der Waals surface area contributed by atoms with Crippen LogP contribution in [0.25, 0.3) is 0 Å². The molecule has 0 saturated heterocycles. The first-order valence-corrected chi connectivity index (χ1v) is 9.16. The summed E-state index contributed by atoms with van der Waals surface area (Å²) in [5.41, 5.74) is 0.773. The third-order valence-electron chi connectivity index (χ3n) is 2.81. The van der Waals surface area contributed by atoms with Gasteiger partial charge in [0.15, 0.2) is 0 Å². The van der Waals surface area contributed by atoms with Gasteiger partial charge in [0.25, 0.3) is 0 Å². The van der Waals surface area contributed by atoms with Crippen LogP contribution in [0.1, 0.15) is 19.4 Å². The summed E-state index contributed by atoms with van der Waals surface area (Å²) in [5, 5.41) is 0. The number of halogens is 2. The summed E-state index contributed by atoms with van der Waals surface area (Å²) in [6.45, 7) is 5.38. The highest BCUT2D eigenvalue weighted by atomic mass is 79.9. The summed E-state index contributed by atoms with van der Waals surface area (Å²) in [7, 11) is -3.55. The molecule has 0 aliphatic carbocycles. The lowest BCUT2D eigenvalue weighted by atomic mass is 10.2. The summed E-state index contributed by atoms with van der Waals surface area (Å²) >= 11 is 9.07. The molecule has 1 aromatic rings. The molecule has 0 heterocycles. The van der Waals surface area contributed by atoms with Crippen molar-refractivity contribution in [3.05, 3.63) is 28.2 Å². The lowest BCUT2D eigenvalue weighted by Gasteiger charge is -2.21. The highest BCUT2D eigenvalue weighted by molar-refractivity contribution is 9.10. The zero-order valence-corrected chi connectivity index (χ0v) is 14.8. The van der Waals surface area contributed by atoms with E-state index in [9.17, 15) is 8.42 Å². The number of rotatable bonds is 8. The number of likely N-dealkylation sites (N-methyl/N-ethyl adjacent to an activating group) is 1. The van der Waals surface area contributed by atoms with Crippen molar-refractivity contribution < 1.29 is 13.2 Å². The number of sulfonamides is 1. The zero-order chi connectivity index (χ0) is 15.2. The average Bonchev–Trinajstić information content (AvgIpc) is 2.43. The van der Waals surface area contributed by atoms with Gasteiger partial charge in [0.05, 0.1) is 11.5 Å². The van der Waals surface area contributed by atoms with Gasteiger partial charge in [-0.3, -0.25) is 0 Å². The van der Waals surface area contributed by atoms with Gasteiger partial charge >= 0.3 is 0 Å². The predicted molar refractivity (Wildman–Crippen MR) is 84.6 cm³/mol. The summed E-state index contributed by atoms with van der Waals surface area (Å²) in [6.07, 6.45) is 0. The first kappa shape index (κ1) is 17.9. The monoisotopic (exact) mass is 383 g/mol.